The molecule has 1 rings (SSSR count). The van der Waals surface area contributed by atoms with Crippen molar-refractivity contribution >= 4 is 5.69 Å². The zero-order valence-electron chi connectivity index (χ0n) is 9.74. The molecule has 4 heteroatoms. The van der Waals surface area contributed by atoms with Crippen LogP contribution >= 0.6 is 0 Å². The van der Waals surface area contributed by atoms with Gasteiger partial charge in [-0.15, -0.1) is 0 Å². The molecule has 1 atom stereocenters. The average molecular weight is 225 g/mol. The molecule has 88 valence electrons. The first-order chi connectivity index (χ1) is 7.47. The molecule has 0 amide bonds. The standard InChI is InChI=1S/C12H16FNO2/c1-8(2)11-5-4-10(9(3)7-13)6-12(11)14(15)16/h4-6,8-9H,7H2,1-3H3. The summed E-state index contributed by atoms with van der Waals surface area (Å²) in [6, 6.07) is 4.98. The Kier molecular flexibility index (Phi) is 3.99. The maximum Gasteiger partial charge on any atom is 0.273 e. The summed E-state index contributed by atoms with van der Waals surface area (Å²) in [5.41, 5.74) is 1.46. The third-order valence-electron chi connectivity index (χ3n) is 2.67. The second-order valence-corrected chi connectivity index (χ2v) is 4.29. The highest BCUT2D eigenvalue weighted by atomic mass is 19.1. The van der Waals surface area contributed by atoms with E-state index < -0.39 is 11.6 Å². The number of rotatable bonds is 4. The van der Waals surface area contributed by atoms with Crippen molar-refractivity contribution in [2.24, 2.45) is 0 Å². The van der Waals surface area contributed by atoms with Gasteiger partial charge in [-0.1, -0.05) is 32.9 Å². The van der Waals surface area contributed by atoms with Crippen LogP contribution in [-0.2, 0) is 0 Å². The summed E-state index contributed by atoms with van der Waals surface area (Å²) in [6.45, 7) is 5.02. The Balaban J connectivity index is 3.23. The van der Waals surface area contributed by atoms with E-state index in [2.05, 4.69) is 0 Å². The first-order valence-electron chi connectivity index (χ1n) is 5.31. The first-order valence-corrected chi connectivity index (χ1v) is 5.31. The Morgan fingerprint density at radius 3 is 2.44 bits per heavy atom. The first kappa shape index (κ1) is 12.6. The molecule has 0 saturated carbocycles. The predicted octanol–water partition coefficient (Wildman–Crippen LogP) is 3.79. The Labute approximate surface area is 94.4 Å². The van der Waals surface area contributed by atoms with E-state index >= 15 is 0 Å². The fourth-order valence-electron chi connectivity index (χ4n) is 1.60. The molecule has 0 heterocycles. The lowest BCUT2D eigenvalue weighted by Gasteiger charge is -2.11. The number of benzene rings is 1. The van der Waals surface area contributed by atoms with Crippen molar-refractivity contribution in [1.29, 1.82) is 0 Å². The van der Waals surface area contributed by atoms with Gasteiger partial charge in [0, 0.05) is 17.5 Å². The van der Waals surface area contributed by atoms with E-state index in [4.69, 9.17) is 0 Å². The Morgan fingerprint density at radius 2 is 2.00 bits per heavy atom. The quantitative estimate of drug-likeness (QED) is 0.578. The summed E-state index contributed by atoms with van der Waals surface area (Å²) >= 11 is 0. The van der Waals surface area contributed by atoms with Gasteiger partial charge in [0.1, 0.15) is 0 Å². The van der Waals surface area contributed by atoms with E-state index in [0.717, 1.165) is 0 Å². The molecule has 1 aromatic carbocycles. The molecule has 16 heavy (non-hydrogen) atoms. The van der Waals surface area contributed by atoms with Crippen LogP contribution in [0.5, 0.6) is 0 Å². The van der Waals surface area contributed by atoms with E-state index in [1.807, 2.05) is 13.8 Å². The molecule has 1 aromatic rings. The monoisotopic (exact) mass is 225 g/mol. The van der Waals surface area contributed by atoms with Crippen LogP contribution < -0.4 is 0 Å². The van der Waals surface area contributed by atoms with Crippen molar-refractivity contribution in [1.82, 2.24) is 0 Å². The molecule has 0 aliphatic rings. The Bertz CT molecular complexity index is 391. The van der Waals surface area contributed by atoms with Crippen molar-refractivity contribution in [2.45, 2.75) is 32.6 Å². The molecular weight excluding hydrogens is 209 g/mol. The fourth-order valence-corrected chi connectivity index (χ4v) is 1.60. The lowest BCUT2D eigenvalue weighted by molar-refractivity contribution is -0.385. The van der Waals surface area contributed by atoms with Gasteiger partial charge in [0.2, 0.25) is 0 Å². The van der Waals surface area contributed by atoms with Gasteiger partial charge in [0.05, 0.1) is 11.6 Å². The summed E-state index contributed by atoms with van der Waals surface area (Å²) in [5, 5.41) is 10.9. The van der Waals surface area contributed by atoms with Gasteiger partial charge < -0.3 is 0 Å². The summed E-state index contributed by atoms with van der Waals surface area (Å²) < 4.78 is 12.5. The van der Waals surface area contributed by atoms with Crippen molar-refractivity contribution in [2.75, 3.05) is 6.67 Å². The molecule has 0 saturated heterocycles. The minimum absolute atomic E-state index is 0.0906. The molecule has 0 spiro atoms. The van der Waals surface area contributed by atoms with E-state index in [9.17, 15) is 14.5 Å². The molecule has 0 aromatic heterocycles. The smallest absolute Gasteiger partial charge is 0.258 e. The molecule has 0 fully saturated rings. The van der Waals surface area contributed by atoms with Crippen LogP contribution in [0.3, 0.4) is 0 Å². The summed E-state index contributed by atoms with van der Waals surface area (Å²) in [5.74, 6) is -0.199. The van der Waals surface area contributed by atoms with Gasteiger partial charge >= 0.3 is 0 Å². The van der Waals surface area contributed by atoms with Crippen LogP contribution in [0.1, 0.15) is 43.7 Å². The van der Waals surface area contributed by atoms with E-state index in [-0.39, 0.29) is 17.5 Å². The Morgan fingerprint density at radius 1 is 1.38 bits per heavy atom. The van der Waals surface area contributed by atoms with Crippen LogP contribution in [0, 0.1) is 10.1 Å². The van der Waals surface area contributed by atoms with Crippen molar-refractivity contribution < 1.29 is 9.31 Å². The number of halogens is 1. The maximum atomic E-state index is 12.5. The summed E-state index contributed by atoms with van der Waals surface area (Å²) in [7, 11) is 0. The van der Waals surface area contributed by atoms with Gasteiger partial charge in [0.25, 0.3) is 5.69 Å². The summed E-state index contributed by atoms with van der Waals surface area (Å²) in [6.07, 6.45) is 0. The largest absolute Gasteiger partial charge is 0.273 e. The van der Waals surface area contributed by atoms with Gasteiger partial charge in [-0.05, 0) is 11.5 Å². The molecule has 3 nitrogen and oxygen atoms in total. The highest BCUT2D eigenvalue weighted by Gasteiger charge is 2.18. The summed E-state index contributed by atoms with van der Waals surface area (Å²) in [4.78, 5) is 10.5. The fraction of sp³-hybridized carbons (Fsp3) is 0.500. The van der Waals surface area contributed by atoms with Crippen LogP contribution in [0.4, 0.5) is 10.1 Å². The van der Waals surface area contributed by atoms with Gasteiger partial charge in [0.15, 0.2) is 0 Å². The van der Waals surface area contributed by atoms with E-state index in [1.54, 1.807) is 19.1 Å². The minimum Gasteiger partial charge on any atom is -0.258 e. The zero-order chi connectivity index (χ0) is 12.3. The van der Waals surface area contributed by atoms with Crippen LogP contribution in [0.15, 0.2) is 18.2 Å². The van der Waals surface area contributed by atoms with Crippen molar-refractivity contribution in [3.05, 3.63) is 39.4 Å². The van der Waals surface area contributed by atoms with Crippen LogP contribution in [-0.4, -0.2) is 11.6 Å². The number of nitro benzene ring substituents is 1. The van der Waals surface area contributed by atoms with Crippen LogP contribution in [0.2, 0.25) is 0 Å². The molecule has 0 radical (unpaired) electrons. The SMILES string of the molecule is CC(C)c1ccc(C(C)CF)cc1[N+](=O)[O-]. The number of nitrogens with zero attached hydrogens (tertiary/aromatic N) is 1. The zero-order valence-corrected chi connectivity index (χ0v) is 9.74. The third kappa shape index (κ3) is 2.56. The lowest BCUT2D eigenvalue weighted by atomic mass is 9.95. The van der Waals surface area contributed by atoms with Crippen molar-refractivity contribution in [3.63, 3.8) is 0 Å². The average Bonchev–Trinajstić information content (AvgIpc) is 2.26. The third-order valence-corrected chi connectivity index (χ3v) is 2.67. The van der Waals surface area contributed by atoms with Gasteiger partial charge in [-0.3, -0.25) is 14.5 Å². The second-order valence-electron chi connectivity index (χ2n) is 4.29. The lowest BCUT2D eigenvalue weighted by Crippen LogP contribution is -2.01. The molecule has 0 aliphatic carbocycles. The van der Waals surface area contributed by atoms with Gasteiger partial charge in [-0.25, -0.2) is 0 Å². The second kappa shape index (κ2) is 5.05. The molecule has 0 bridgehead atoms. The number of hydrogen-bond acceptors (Lipinski definition) is 2. The Hall–Kier alpha value is -1.45. The van der Waals surface area contributed by atoms with E-state index in [1.165, 1.54) is 6.07 Å². The predicted molar refractivity (Wildman–Crippen MR) is 61.6 cm³/mol. The molecular formula is C12H16FNO2. The number of alkyl halides is 1. The molecule has 1 unspecified atom stereocenters. The number of hydrogen-bond donors (Lipinski definition) is 0. The normalized spacial score (nSPS) is 12.8. The van der Waals surface area contributed by atoms with Crippen molar-refractivity contribution in [3.8, 4) is 0 Å². The highest BCUT2D eigenvalue weighted by Crippen LogP contribution is 2.29. The van der Waals surface area contributed by atoms with Gasteiger partial charge in [-0.2, -0.15) is 0 Å². The maximum absolute atomic E-state index is 12.5. The number of nitro groups is 1. The van der Waals surface area contributed by atoms with Crippen LogP contribution in [0.25, 0.3) is 0 Å². The topological polar surface area (TPSA) is 43.1 Å². The van der Waals surface area contributed by atoms with E-state index in [0.29, 0.717) is 11.1 Å². The minimum atomic E-state index is -0.502. The molecule has 0 aliphatic heterocycles. The highest BCUT2D eigenvalue weighted by molar-refractivity contribution is 5.45. The molecule has 0 N–H and O–H groups in total.